The molecule has 0 fully saturated rings. The van der Waals surface area contributed by atoms with Crippen LogP contribution in [0.5, 0.6) is 11.5 Å². The Labute approximate surface area is 115 Å². The van der Waals surface area contributed by atoms with Crippen LogP contribution < -0.4 is 14.9 Å². The lowest BCUT2D eigenvalue weighted by molar-refractivity contribution is 0.412. The van der Waals surface area contributed by atoms with Gasteiger partial charge in [-0.1, -0.05) is 0 Å². The molecular weight excluding hydrogens is 256 g/mol. The molecule has 0 bridgehead atoms. The third-order valence-electron chi connectivity index (χ3n) is 3.48. The molecule has 0 aliphatic heterocycles. The molecule has 20 heavy (non-hydrogen) atoms. The fraction of sp³-hybridized carbons (Fsp3) is 0.188. The third-order valence-corrected chi connectivity index (χ3v) is 3.48. The van der Waals surface area contributed by atoms with E-state index in [0.717, 1.165) is 5.56 Å². The molecule has 0 amide bonds. The Morgan fingerprint density at radius 3 is 2.50 bits per heavy atom. The minimum absolute atomic E-state index is 0.0553. The van der Waals surface area contributed by atoms with Gasteiger partial charge in [-0.25, -0.2) is 0 Å². The van der Waals surface area contributed by atoms with Crippen LogP contribution in [0.2, 0.25) is 0 Å². The SMILES string of the molecule is COc1ccc2c(=O)c3c(C)c(OC)ccc3oc2c1. The number of rotatable bonds is 2. The van der Waals surface area contributed by atoms with Gasteiger partial charge in [-0.2, -0.15) is 0 Å². The Morgan fingerprint density at radius 1 is 1.00 bits per heavy atom. The van der Waals surface area contributed by atoms with Crippen LogP contribution in [-0.2, 0) is 0 Å². The molecule has 0 spiro atoms. The van der Waals surface area contributed by atoms with Gasteiger partial charge in [-0.05, 0) is 31.2 Å². The maximum atomic E-state index is 12.6. The molecule has 1 aromatic heterocycles. The molecular formula is C16H14O4. The molecule has 0 aliphatic carbocycles. The van der Waals surface area contributed by atoms with Gasteiger partial charge < -0.3 is 13.9 Å². The summed E-state index contributed by atoms with van der Waals surface area (Å²) >= 11 is 0. The number of hydrogen-bond acceptors (Lipinski definition) is 4. The van der Waals surface area contributed by atoms with E-state index in [0.29, 0.717) is 33.4 Å². The monoisotopic (exact) mass is 270 g/mol. The first-order valence-corrected chi connectivity index (χ1v) is 6.24. The van der Waals surface area contributed by atoms with Crippen molar-refractivity contribution in [2.24, 2.45) is 0 Å². The van der Waals surface area contributed by atoms with E-state index in [9.17, 15) is 4.79 Å². The zero-order valence-electron chi connectivity index (χ0n) is 11.5. The Bertz CT molecular complexity index is 862. The topological polar surface area (TPSA) is 48.7 Å². The fourth-order valence-electron chi connectivity index (χ4n) is 2.41. The van der Waals surface area contributed by atoms with Crippen LogP contribution >= 0.6 is 0 Å². The first-order chi connectivity index (χ1) is 9.65. The van der Waals surface area contributed by atoms with Gasteiger partial charge in [-0.3, -0.25) is 4.79 Å². The summed E-state index contributed by atoms with van der Waals surface area (Å²) in [7, 11) is 3.16. The summed E-state index contributed by atoms with van der Waals surface area (Å²) in [6.07, 6.45) is 0. The molecule has 4 heteroatoms. The smallest absolute Gasteiger partial charge is 0.200 e. The van der Waals surface area contributed by atoms with Gasteiger partial charge in [0.1, 0.15) is 22.7 Å². The van der Waals surface area contributed by atoms with Crippen molar-refractivity contribution in [3.8, 4) is 11.5 Å². The van der Waals surface area contributed by atoms with E-state index in [4.69, 9.17) is 13.9 Å². The van der Waals surface area contributed by atoms with E-state index < -0.39 is 0 Å². The zero-order chi connectivity index (χ0) is 14.3. The van der Waals surface area contributed by atoms with E-state index in [-0.39, 0.29) is 5.43 Å². The van der Waals surface area contributed by atoms with E-state index in [1.54, 1.807) is 44.6 Å². The van der Waals surface area contributed by atoms with Gasteiger partial charge in [-0.15, -0.1) is 0 Å². The van der Waals surface area contributed by atoms with Crippen molar-refractivity contribution in [3.05, 3.63) is 46.1 Å². The van der Waals surface area contributed by atoms with Gasteiger partial charge in [0.2, 0.25) is 5.43 Å². The number of aryl methyl sites for hydroxylation is 1. The predicted molar refractivity (Wildman–Crippen MR) is 77.8 cm³/mol. The molecule has 0 aliphatic rings. The van der Waals surface area contributed by atoms with E-state index in [1.807, 2.05) is 6.92 Å². The molecule has 0 N–H and O–H groups in total. The number of ether oxygens (including phenoxy) is 2. The molecule has 3 aromatic rings. The number of fused-ring (bicyclic) bond motifs is 2. The maximum Gasteiger partial charge on any atom is 0.200 e. The zero-order valence-corrected chi connectivity index (χ0v) is 11.5. The van der Waals surface area contributed by atoms with Crippen LogP contribution in [0.1, 0.15) is 5.56 Å². The van der Waals surface area contributed by atoms with E-state index in [2.05, 4.69) is 0 Å². The van der Waals surface area contributed by atoms with Crippen molar-refractivity contribution in [2.75, 3.05) is 14.2 Å². The number of hydrogen-bond donors (Lipinski definition) is 0. The summed E-state index contributed by atoms with van der Waals surface area (Å²) in [5, 5.41) is 1.09. The van der Waals surface area contributed by atoms with Crippen molar-refractivity contribution in [3.63, 3.8) is 0 Å². The lowest BCUT2D eigenvalue weighted by Crippen LogP contribution is -2.05. The molecule has 1 heterocycles. The van der Waals surface area contributed by atoms with Crippen LogP contribution in [0.4, 0.5) is 0 Å². The van der Waals surface area contributed by atoms with Crippen LogP contribution in [0.3, 0.4) is 0 Å². The minimum Gasteiger partial charge on any atom is -0.497 e. The molecule has 0 radical (unpaired) electrons. The summed E-state index contributed by atoms with van der Waals surface area (Å²) in [4.78, 5) is 12.6. The Morgan fingerprint density at radius 2 is 1.80 bits per heavy atom. The minimum atomic E-state index is -0.0553. The molecule has 0 saturated carbocycles. The quantitative estimate of drug-likeness (QED) is 0.670. The van der Waals surface area contributed by atoms with Gasteiger partial charge in [0.05, 0.1) is 25.0 Å². The van der Waals surface area contributed by atoms with Gasteiger partial charge in [0, 0.05) is 11.6 Å². The third kappa shape index (κ3) is 1.72. The van der Waals surface area contributed by atoms with Gasteiger partial charge in [0.25, 0.3) is 0 Å². The second-order valence-electron chi connectivity index (χ2n) is 4.56. The summed E-state index contributed by atoms with van der Waals surface area (Å²) in [6.45, 7) is 1.85. The van der Waals surface area contributed by atoms with Crippen molar-refractivity contribution in [1.82, 2.24) is 0 Å². The highest BCUT2D eigenvalue weighted by molar-refractivity contribution is 5.92. The van der Waals surface area contributed by atoms with E-state index >= 15 is 0 Å². The molecule has 4 nitrogen and oxygen atoms in total. The Kier molecular flexibility index (Phi) is 2.86. The van der Waals surface area contributed by atoms with Crippen LogP contribution in [0.15, 0.2) is 39.5 Å². The number of benzene rings is 2. The van der Waals surface area contributed by atoms with Crippen molar-refractivity contribution in [2.45, 2.75) is 6.92 Å². The number of methoxy groups -OCH3 is 2. The summed E-state index contributed by atoms with van der Waals surface area (Å²) in [5.74, 6) is 1.34. The summed E-state index contributed by atoms with van der Waals surface area (Å²) in [5.41, 5.74) is 1.80. The molecule has 2 aromatic carbocycles. The highest BCUT2D eigenvalue weighted by Crippen LogP contribution is 2.28. The second-order valence-corrected chi connectivity index (χ2v) is 4.56. The molecule has 3 rings (SSSR count). The van der Waals surface area contributed by atoms with Crippen molar-refractivity contribution < 1.29 is 13.9 Å². The molecule has 0 atom stereocenters. The first kappa shape index (κ1) is 12.5. The lowest BCUT2D eigenvalue weighted by atomic mass is 10.1. The average Bonchev–Trinajstić information content (AvgIpc) is 2.47. The average molecular weight is 270 g/mol. The van der Waals surface area contributed by atoms with Crippen LogP contribution in [0, 0.1) is 6.92 Å². The first-order valence-electron chi connectivity index (χ1n) is 6.24. The standard InChI is InChI=1S/C16H14O4/c1-9-12(19-3)6-7-13-15(9)16(17)11-5-4-10(18-2)8-14(11)20-13/h4-8H,1-3H3. The van der Waals surface area contributed by atoms with Crippen LogP contribution in [0.25, 0.3) is 21.9 Å². The molecule has 0 saturated heterocycles. The Hall–Kier alpha value is -2.49. The maximum absolute atomic E-state index is 12.6. The molecule has 102 valence electrons. The lowest BCUT2D eigenvalue weighted by Gasteiger charge is -2.08. The normalized spacial score (nSPS) is 10.9. The second kappa shape index (κ2) is 4.56. The van der Waals surface area contributed by atoms with Gasteiger partial charge >= 0.3 is 0 Å². The fourth-order valence-corrected chi connectivity index (χ4v) is 2.41. The Balaban J connectivity index is 2.47. The van der Waals surface area contributed by atoms with Crippen molar-refractivity contribution >= 4 is 21.9 Å². The van der Waals surface area contributed by atoms with Gasteiger partial charge in [0.15, 0.2) is 0 Å². The summed E-state index contributed by atoms with van der Waals surface area (Å²) in [6, 6.07) is 8.74. The largest absolute Gasteiger partial charge is 0.497 e. The van der Waals surface area contributed by atoms with E-state index in [1.165, 1.54) is 0 Å². The predicted octanol–water partition coefficient (Wildman–Crippen LogP) is 3.27. The van der Waals surface area contributed by atoms with Crippen molar-refractivity contribution in [1.29, 1.82) is 0 Å². The van der Waals surface area contributed by atoms with Crippen LogP contribution in [-0.4, -0.2) is 14.2 Å². The summed E-state index contributed by atoms with van der Waals surface area (Å²) < 4.78 is 16.2. The highest BCUT2D eigenvalue weighted by atomic mass is 16.5. The molecule has 0 unspecified atom stereocenters. The highest BCUT2D eigenvalue weighted by Gasteiger charge is 2.13.